The van der Waals surface area contributed by atoms with Crippen LogP contribution in [0, 0.1) is 0 Å². The molecule has 71 heavy (non-hydrogen) atoms. The summed E-state index contributed by atoms with van der Waals surface area (Å²) >= 11 is 0. The second-order valence-corrected chi connectivity index (χ2v) is 23.3. The van der Waals surface area contributed by atoms with Gasteiger partial charge in [-0.15, -0.1) is 0 Å². The molecule has 0 aromatic heterocycles. The lowest BCUT2D eigenvalue weighted by atomic mass is 10.0. The van der Waals surface area contributed by atoms with Crippen LogP contribution in [0.25, 0.3) is 0 Å². The molecule has 0 heterocycles. The zero-order valence-corrected chi connectivity index (χ0v) is 48.6. The van der Waals surface area contributed by atoms with Crippen molar-refractivity contribution < 1.29 is 37.3 Å². The van der Waals surface area contributed by atoms with Crippen molar-refractivity contribution in [3.8, 4) is 0 Å². The number of hydrogen-bond donors (Lipinski definition) is 2. The Kier molecular flexibility index (Phi) is 50.4. The fourth-order valence-corrected chi connectivity index (χ4v) is 9.59. The molecule has 0 aliphatic carbocycles. The van der Waals surface area contributed by atoms with Gasteiger partial charge in [0.15, 0.2) is 0 Å². The lowest BCUT2D eigenvalue weighted by molar-refractivity contribution is -0.870. The molecule has 0 aromatic rings. The smallest absolute Gasteiger partial charge is 0.456 e. The number of likely N-dealkylation sites (N-methyl/N-ethyl adjacent to an activating group) is 1. The number of nitrogens with one attached hydrogen (secondary N) is 1. The summed E-state index contributed by atoms with van der Waals surface area (Å²) in [5, 5.41) is 3.05. The molecule has 418 valence electrons. The van der Waals surface area contributed by atoms with Crippen molar-refractivity contribution in [2.45, 2.75) is 303 Å². The zero-order chi connectivity index (χ0) is 52.2. The maximum absolute atomic E-state index is 13.5. The molecule has 1 amide bonds. The number of hydrogen-bond acceptors (Lipinski definition) is 6. The van der Waals surface area contributed by atoms with Gasteiger partial charge in [-0.3, -0.25) is 18.6 Å². The number of amides is 1. The summed E-state index contributed by atoms with van der Waals surface area (Å²) in [5.41, 5.74) is 0. The second-order valence-electron chi connectivity index (χ2n) is 21.9. The summed E-state index contributed by atoms with van der Waals surface area (Å²) in [4.78, 5) is 37.6. The van der Waals surface area contributed by atoms with Crippen LogP contribution in [0.1, 0.15) is 290 Å². The highest BCUT2D eigenvalue weighted by molar-refractivity contribution is 7.47. The minimum atomic E-state index is -4.44. The number of carbonyl (C=O) groups excluding carboxylic acids is 2. The van der Waals surface area contributed by atoms with Gasteiger partial charge in [-0.05, 0) is 63.9 Å². The molecule has 10 heteroatoms. The molecular formula is C61H118N2O7P+. The first-order chi connectivity index (χ1) is 34.4. The van der Waals surface area contributed by atoms with Crippen LogP contribution in [0.5, 0.6) is 0 Å². The fourth-order valence-electron chi connectivity index (χ4n) is 8.85. The molecule has 0 aliphatic rings. The maximum atomic E-state index is 13.5. The van der Waals surface area contributed by atoms with Crippen LogP contribution in [0.2, 0.25) is 0 Å². The molecule has 3 unspecified atom stereocenters. The molecule has 0 aromatic carbocycles. The van der Waals surface area contributed by atoms with Crippen molar-refractivity contribution in [3.63, 3.8) is 0 Å². The average Bonchev–Trinajstić information content (AvgIpc) is 3.33. The third-order valence-corrected chi connectivity index (χ3v) is 14.6. The molecule has 2 N–H and O–H groups in total. The quantitative estimate of drug-likeness (QED) is 0.0205. The van der Waals surface area contributed by atoms with Gasteiger partial charge in [-0.1, -0.05) is 250 Å². The predicted molar refractivity (Wildman–Crippen MR) is 305 cm³/mol. The van der Waals surface area contributed by atoms with Crippen LogP contribution >= 0.6 is 7.82 Å². The molecule has 0 saturated heterocycles. The Morgan fingerprint density at radius 3 is 1.30 bits per heavy atom. The van der Waals surface area contributed by atoms with Crippen LogP contribution in [-0.4, -0.2) is 74.3 Å². The summed E-state index contributed by atoms with van der Waals surface area (Å²) in [7, 11) is 1.51. The monoisotopic (exact) mass is 1020 g/mol. The highest BCUT2D eigenvalue weighted by atomic mass is 31.2. The van der Waals surface area contributed by atoms with Gasteiger partial charge in [0.1, 0.15) is 19.3 Å². The topological polar surface area (TPSA) is 111 Å². The van der Waals surface area contributed by atoms with Crippen molar-refractivity contribution in [2.24, 2.45) is 0 Å². The Morgan fingerprint density at radius 2 is 0.859 bits per heavy atom. The first-order valence-corrected chi connectivity index (χ1v) is 31.8. The maximum Gasteiger partial charge on any atom is 0.472 e. The van der Waals surface area contributed by atoms with E-state index >= 15 is 0 Å². The Hall–Kier alpha value is -1.77. The van der Waals surface area contributed by atoms with E-state index < -0.39 is 20.0 Å². The lowest BCUT2D eigenvalue weighted by Crippen LogP contribution is -2.47. The van der Waals surface area contributed by atoms with E-state index in [4.69, 9.17) is 13.8 Å². The number of phosphoric ester groups is 1. The molecule has 3 atom stereocenters. The number of esters is 1. The molecular weight excluding hydrogens is 904 g/mol. The molecule has 0 bridgehead atoms. The first-order valence-electron chi connectivity index (χ1n) is 30.3. The number of carbonyl (C=O) groups is 2. The van der Waals surface area contributed by atoms with Gasteiger partial charge in [-0.2, -0.15) is 0 Å². The molecule has 0 fully saturated rings. The normalized spacial score (nSPS) is 14.0. The van der Waals surface area contributed by atoms with Crippen LogP contribution in [0.15, 0.2) is 36.5 Å². The Balaban J connectivity index is 5.08. The minimum absolute atomic E-state index is 0.0426. The summed E-state index contributed by atoms with van der Waals surface area (Å²) in [6.45, 7) is 7.00. The van der Waals surface area contributed by atoms with E-state index in [0.717, 1.165) is 64.2 Å². The standard InChI is InChI=1S/C61H117N2O7P/c1-7-10-13-16-19-22-25-26-27-28-29-30-31-32-33-34-35-36-39-42-45-48-51-54-61(65)70-59(52-49-46-43-40-37-23-20-17-14-11-8-2)58(57-69-71(66,67)68-56-55-63(4,5)6)62-60(64)53-50-47-44-41-38-24-21-18-15-12-9-3/h19,22,26-27,49,52,58-59H,7-18,20-21,23-25,28-48,50-51,53-57H2,1-6H3,(H-,62,64,66,67)/p+1/b22-19-,27-26-,52-49-. The SMILES string of the molecule is CCCCC/C=C\C/C=C\CCCCCCCCCCCCCCCC(=O)OC(/C=C\CCCCCCCCCCC)C(COP(=O)(O)OCC[N+](C)(C)C)NC(=O)CCCCCCCCCCCCC. The predicted octanol–water partition coefficient (Wildman–Crippen LogP) is 18.3. The zero-order valence-electron chi connectivity index (χ0n) is 47.7. The van der Waals surface area contributed by atoms with E-state index in [1.807, 2.05) is 33.3 Å². The van der Waals surface area contributed by atoms with Crippen LogP contribution in [-0.2, 0) is 27.9 Å². The number of rotatable bonds is 55. The Labute approximate surface area is 440 Å². The van der Waals surface area contributed by atoms with Gasteiger partial charge < -0.3 is 19.4 Å². The van der Waals surface area contributed by atoms with Gasteiger partial charge >= 0.3 is 13.8 Å². The van der Waals surface area contributed by atoms with Gasteiger partial charge in [0.05, 0.1) is 33.8 Å². The number of nitrogens with zero attached hydrogens (tertiary/aromatic N) is 1. The van der Waals surface area contributed by atoms with Crippen LogP contribution in [0.4, 0.5) is 0 Å². The van der Waals surface area contributed by atoms with Gasteiger partial charge in [0, 0.05) is 12.8 Å². The summed E-state index contributed by atoms with van der Waals surface area (Å²) in [5.74, 6) is -0.497. The largest absolute Gasteiger partial charge is 0.472 e. The van der Waals surface area contributed by atoms with E-state index in [2.05, 4.69) is 50.4 Å². The van der Waals surface area contributed by atoms with E-state index in [9.17, 15) is 19.0 Å². The second kappa shape index (κ2) is 51.7. The Morgan fingerprint density at radius 1 is 0.493 bits per heavy atom. The van der Waals surface area contributed by atoms with Crippen molar-refractivity contribution in [1.29, 1.82) is 0 Å². The van der Waals surface area contributed by atoms with Crippen molar-refractivity contribution >= 4 is 19.7 Å². The average molecular weight is 1020 g/mol. The van der Waals surface area contributed by atoms with Gasteiger partial charge in [0.25, 0.3) is 0 Å². The van der Waals surface area contributed by atoms with E-state index in [0.29, 0.717) is 23.9 Å². The van der Waals surface area contributed by atoms with Gasteiger partial charge in [-0.25, -0.2) is 4.57 Å². The van der Waals surface area contributed by atoms with Crippen molar-refractivity contribution in [1.82, 2.24) is 5.32 Å². The van der Waals surface area contributed by atoms with E-state index in [1.54, 1.807) is 0 Å². The third-order valence-electron chi connectivity index (χ3n) is 13.6. The molecule has 9 nitrogen and oxygen atoms in total. The molecule has 0 aliphatic heterocycles. The van der Waals surface area contributed by atoms with E-state index in [-0.39, 0.29) is 25.1 Å². The lowest BCUT2D eigenvalue weighted by Gasteiger charge is -2.27. The van der Waals surface area contributed by atoms with Crippen LogP contribution < -0.4 is 5.32 Å². The molecule has 0 rings (SSSR count). The highest BCUT2D eigenvalue weighted by Crippen LogP contribution is 2.43. The van der Waals surface area contributed by atoms with Crippen molar-refractivity contribution in [2.75, 3.05) is 40.9 Å². The minimum Gasteiger partial charge on any atom is -0.456 e. The summed E-state index contributed by atoms with van der Waals surface area (Å²) in [6, 6.07) is -0.842. The highest BCUT2D eigenvalue weighted by Gasteiger charge is 2.30. The first kappa shape index (κ1) is 69.2. The number of ether oxygens (including phenoxy) is 1. The van der Waals surface area contributed by atoms with Crippen LogP contribution in [0.3, 0.4) is 0 Å². The van der Waals surface area contributed by atoms with Gasteiger partial charge in [0.2, 0.25) is 5.91 Å². The third kappa shape index (κ3) is 52.9. The number of allylic oxidation sites excluding steroid dienone is 5. The number of unbranched alkanes of at least 4 members (excludes halogenated alkanes) is 35. The van der Waals surface area contributed by atoms with E-state index in [1.165, 1.54) is 193 Å². The molecule has 0 radical (unpaired) electrons. The Bertz CT molecular complexity index is 1310. The van der Waals surface area contributed by atoms with Crippen molar-refractivity contribution in [3.05, 3.63) is 36.5 Å². The summed E-state index contributed by atoms with van der Waals surface area (Å²) in [6.07, 6.45) is 61.4. The number of phosphoric acid groups is 1. The molecule has 0 spiro atoms. The molecule has 0 saturated carbocycles. The fraction of sp³-hybridized carbons (Fsp3) is 0.869. The number of quaternary nitrogens is 1. The summed E-state index contributed by atoms with van der Waals surface area (Å²) < 4.78 is 30.6.